The lowest BCUT2D eigenvalue weighted by atomic mass is 9.44. The highest BCUT2D eigenvalue weighted by molar-refractivity contribution is 5.75. The Hall–Kier alpha value is -1.70. The zero-order chi connectivity index (χ0) is 24.5. The predicted octanol–water partition coefficient (Wildman–Crippen LogP) is 5.93. The summed E-state index contributed by atoms with van der Waals surface area (Å²) in [6, 6.07) is 1.91. The average Bonchev–Trinajstić information content (AvgIpc) is 3.15. The van der Waals surface area contributed by atoms with Crippen LogP contribution >= 0.6 is 0 Å². The van der Waals surface area contributed by atoms with Crippen LogP contribution in [0.2, 0.25) is 0 Å². The minimum absolute atomic E-state index is 0.0413. The Bertz CT molecular complexity index is 830. The number of carboxylic acid groups (broad SMARTS) is 2. The number of carboxylic acids is 2. The van der Waals surface area contributed by atoms with Gasteiger partial charge in [0.25, 0.3) is 0 Å². The van der Waals surface area contributed by atoms with Crippen molar-refractivity contribution in [2.24, 2.45) is 46.3 Å². The second kappa shape index (κ2) is 10.1. The standard InChI is InChI=1S/C29H45NO4/c1-19(7-6-18-30-25(27(33)34)13-14-26(31)32)22-11-12-23-21-10-9-20-8-4-5-16-28(20,2)24(21)15-17-29(22,23)3/h19-25,30H,4-5,7-17H2,1-3H3,(H,31,32)(H,33,34)/t19-,20?,21+,22-,23+,24+,25+,28+,29-/m1/s1. The monoisotopic (exact) mass is 471 g/mol. The van der Waals surface area contributed by atoms with E-state index in [1.807, 2.05) is 0 Å². The van der Waals surface area contributed by atoms with Crippen molar-refractivity contribution in [2.45, 2.75) is 110 Å². The highest BCUT2D eigenvalue weighted by Gasteiger charge is 2.60. The van der Waals surface area contributed by atoms with Crippen molar-refractivity contribution < 1.29 is 19.8 Å². The number of hydrogen-bond donors (Lipinski definition) is 3. The van der Waals surface area contributed by atoms with Crippen LogP contribution in [0.3, 0.4) is 0 Å². The van der Waals surface area contributed by atoms with E-state index in [9.17, 15) is 14.7 Å². The molecule has 4 fully saturated rings. The van der Waals surface area contributed by atoms with Gasteiger partial charge in [-0.3, -0.25) is 4.79 Å². The molecule has 0 aromatic rings. The Morgan fingerprint density at radius 2 is 1.74 bits per heavy atom. The third-order valence-electron chi connectivity index (χ3n) is 11.0. The molecular weight excluding hydrogens is 426 g/mol. The molecule has 0 aromatic carbocycles. The molecule has 0 radical (unpaired) electrons. The fraction of sp³-hybridized carbons (Fsp3) is 0.862. The molecule has 5 nitrogen and oxygen atoms in total. The van der Waals surface area contributed by atoms with Gasteiger partial charge >= 0.3 is 11.9 Å². The summed E-state index contributed by atoms with van der Waals surface area (Å²) in [4.78, 5) is 22.1. The van der Waals surface area contributed by atoms with Crippen LogP contribution in [0, 0.1) is 58.3 Å². The van der Waals surface area contributed by atoms with Crippen LogP contribution in [0.15, 0.2) is 0 Å². The summed E-state index contributed by atoms with van der Waals surface area (Å²) in [6.07, 6.45) is 14.8. The van der Waals surface area contributed by atoms with Gasteiger partial charge in [0.05, 0.1) is 0 Å². The van der Waals surface area contributed by atoms with Crippen molar-refractivity contribution >= 4 is 11.9 Å². The largest absolute Gasteiger partial charge is 0.481 e. The highest BCUT2D eigenvalue weighted by Crippen LogP contribution is 2.68. The minimum atomic E-state index is -1.05. The molecule has 0 aliphatic heterocycles. The Balaban J connectivity index is 1.37. The van der Waals surface area contributed by atoms with E-state index in [1.54, 1.807) is 0 Å². The van der Waals surface area contributed by atoms with Crippen molar-refractivity contribution in [1.29, 1.82) is 0 Å². The van der Waals surface area contributed by atoms with E-state index in [1.165, 1.54) is 64.2 Å². The SMILES string of the molecule is C[C@H](CC#CN[C@@H](CCC(=O)O)C(=O)O)[C@H]1CC[C@H]2[C@@H]3CCC4CCCC[C@]4(C)[C@H]3CC[C@]12C. The van der Waals surface area contributed by atoms with E-state index in [0.29, 0.717) is 22.7 Å². The van der Waals surface area contributed by atoms with Gasteiger partial charge in [-0.15, -0.1) is 0 Å². The summed E-state index contributed by atoms with van der Waals surface area (Å²) in [7, 11) is 0. The lowest BCUT2D eigenvalue weighted by molar-refractivity contribution is -0.140. The Morgan fingerprint density at radius 3 is 2.47 bits per heavy atom. The van der Waals surface area contributed by atoms with Gasteiger partial charge in [0, 0.05) is 18.9 Å². The van der Waals surface area contributed by atoms with Crippen LogP contribution in [0.5, 0.6) is 0 Å². The molecule has 9 atom stereocenters. The number of rotatable bonds is 7. The molecule has 190 valence electrons. The number of nitrogens with one attached hydrogen (secondary N) is 1. The maximum atomic E-state index is 11.4. The van der Waals surface area contributed by atoms with Gasteiger partial charge in [-0.05, 0) is 104 Å². The topological polar surface area (TPSA) is 86.6 Å². The first-order chi connectivity index (χ1) is 16.2. The van der Waals surface area contributed by atoms with Crippen molar-refractivity contribution in [3.05, 3.63) is 0 Å². The third-order valence-corrected chi connectivity index (χ3v) is 11.0. The minimum Gasteiger partial charge on any atom is -0.481 e. The van der Waals surface area contributed by atoms with Gasteiger partial charge in [0.2, 0.25) is 0 Å². The maximum absolute atomic E-state index is 11.4. The van der Waals surface area contributed by atoms with E-state index < -0.39 is 18.0 Å². The molecule has 5 heteroatoms. The third kappa shape index (κ3) is 4.71. The van der Waals surface area contributed by atoms with Crippen molar-refractivity contribution in [1.82, 2.24) is 5.32 Å². The van der Waals surface area contributed by atoms with Crippen molar-refractivity contribution in [3.63, 3.8) is 0 Å². The fourth-order valence-electron chi connectivity index (χ4n) is 9.29. The normalized spacial score (nSPS) is 40.5. The van der Waals surface area contributed by atoms with Crippen LogP contribution in [0.25, 0.3) is 0 Å². The van der Waals surface area contributed by atoms with Gasteiger partial charge < -0.3 is 15.5 Å². The second-order valence-electron chi connectivity index (χ2n) is 12.6. The van der Waals surface area contributed by atoms with Crippen molar-refractivity contribution in [3.8, 4) is 12.0 Å². The van der Waals surface area contributed by atoms with Gasteiger partial charge in [-0.2, -0.15) is 0 Å². The van der Waals surface area contributed by atoms with Crippen LogP contribution in [0.4, 0.5) is 0 Å². The smallest absolute Gasteiger partial charge is 0.326 e. The first kappa shape index (κ1) is 25.4. The molecule has 34 heavy (non-hydrogen) atoms. The molecule has 0 aromatic heterocycles. The van der Waals surface area contributed by atoms with E-state index in [4.69, 9.17) is 5.11 Å². The highest BCUT2D eigenvalue weighted by atomic mass is 16.4. The molecule has 4 rings (SSSR count). The number of carbonyl (C=O) groups is 2. The van der Waals surface area contributed by atoms with Crippen LogP contribution in [-0.4, -0.2) is 28.2 Å². The van der Waals surface area contributed by atoms with Crippen LogP contribution < -0.4 is 5.32 Å². The Morgan fingerprint density at radius 1 is 0.971 bits per heavy atom. The first-order valence-corrected chi connectivity index (χ1v) is 13.8. The molecule has 1 unspecified atom stereocenters. The fourth-order valence-corrected chi connectivity index (χ4v) is 9.29. The number of fused-ring (bicyclic) bond motifs is 5. The van der Waals surface area contributed by atoms with Gasteiger partial charge in [-0.25, -0.2) is 4.79 Å². The quantitative estimate of drug-likeness (QED) is 0.316. The van der Waals surface area contributed by atoms with Gasteiger partial charge in [-0.1, -0.05) is 39.5 Å². The summed E-state index contributed by atoms with van der Waals surface area (Å²) in [5.41, 5.74) is 1.00. The van der Waals surface area contributed by atoms with Gasteiger partial charge in [0.1, 0.15) is 6.04 Å². The van der Waals surface area contributed by atoms with Crippen molar-refractivity contribution in [2.75, 3.05) is 0 Å². The summed E-state index contributed by atoms with van der Waals surface area (Å²) in [6.45, 7) is 7.56. The zero-order valence-corrected chi connectivity index (χ0v) is 21.4. The molecular formula is C29H45NO4. The Labute approximate surface area is 205 Å². The maximum Gasteiger partial charge on any atom is 0.326 e. The van der Waals surface area contributed by atoms with Crippen LogP contribution in [-0.2, 0) is 9.59 Å². The molecule has 4 aliphatic carbocycles. The lowest BCUT2D eigenvalue weighted by Crippen LogP contribution is -2.53. The van der Waals surface area contributed by atoms with E-state index >= 15 is 0 Å². The summed E-state index contributed by atoms with van der Waals surface area (Å²) >= 11 is 0. The molecule has 3 N–H and O–H groups in total. The second-order valence-corrected chi connectivity index (χ2v) is 12.6. The zero-order valence-electron chi connectivity index (χ0n) is 21.4. The van der Waals surface area contributed by atoms with Gasteiger partial charge in [0.15, 0.2) is 0 Å². The van der Waals surface area contributed by atoms with E-state index in [2.05, 4.69) is 38.1 Å². The number of aliphatic carboxylic acids is 2. The molecule has 0 amide bonds. The molecule has 0 saturated heterocycles. The molecule has 0 heterocycles. The molecule has 0 spiro atoms. The summed E-state index contributed by atoms with van der Waals surface area (Å²) in [5, 5.41) is 20.8. The van der Waals surface area contributed by atoms with E-state index in [-0.39, 0.29) is 12.8 Å². The molecule has 4 aliphatic rings. The average molecular weight is 472 g/mol. The lowest BCUT2D eigenvalue weighted by Gasteiger charge is -2.60. The molecule has 0 bridgehead atoms. The Kier molecular flexibility index (Phi) is 7.56. The first-order valence-electron chi connectivity index (χ1n) is 13.8. The molecule has 4 saturated carbocycles. The summed E-state index contributed by atoms with van der Waals surface area (Å²) in [5.74, 6) is 5.99. The van der Waals surface area contributed by atoms with Crippen LogP contribution in [0.1, 0.15) is 104 Å². The summed E-state index contributed by atoms with van der Waals surface area (Å²) < 4.78 is 0. The predicted molar refractivity (Wildman–Crippen MR) is 133 cm³/mol. The van der Waals surface area contributed by atoms with E-state index in [0.717, 1.165) is 30.1 Å². The number of hydrogen-bond acceptors (Lipinski definition) is 3.